The summed E-state index contributed by atoms with van der Waals surface area (Å²) in [5, 5.41) is 44.8. The van der Waals surface area contributed by atoms with Gasteiger partial charge in [-0.2, -0.15) is 0 Å². The van der Waals surface area contributed by atoms with Crippen LogP contribution in [0.2, 0.25) is 5.02 Å². The molecule has 0 spiro atoms. The van der Waals surface area contributed by atoms with Crippen molar-refractivity contribution >= 4 is 17.6 Å². The smallest absolute Gasteiger partial charge is 0.338 e. The van der Waals surface area contributed by atoms with Crippen molar-refractivity contribution < 1.29 is 58.4 Å². The molecule has 3 saturated heterocycles. The zero-order valence-corrected chi connectivity index (χ0v) is 25.2. The van der Waals surface area contributed by atoms with E-state index in [9.17, 15) is 25.2 Å². The van der Waals surface area contributed by atoms with Crippen molar-refractivity contribution in [2.45, 2.75) is 74.3 Å². The van der Waals surface area contributed by atoms with Crippen LogP contribution in [-0.2, 0) is 39.8 Å². The van der Waals surface area contributed by atoms with Crippen LogP contribution in [0.4, 0.5) is 0 Å². The van der Waals surface area contributed by atoms with E-state index in [1.165, 1.54) is 0 Å². The zero-order chi connectivity index (χ0) is 32.2. The van der Waals surface area contributed by atoms with Gasteiger partial charge in [0.1, 0.15) is 55.4 Å². The van der Waals surface area contributed by atoms with Gasteiger partial charge in [0.2, 0.25) is 0 Å². The Morgan fingerprint density at radius 3 is 2.17 bits per heavy atom. The lowest BCUT2D eigenvalue weighted by molar-refractivity contribution is -0.386. The first-order chi connectivity index (χ1) is 22.3. The fourth-order valence-corrected chi connectivity index (χ4v) is 5.67. The Balaban J connectivity index is 1.15. The molecule has 0 bridgehead atoms. The Kier molecular flexibility index (Phi) is 10.6. The van der Waals surface area contributed by atoms with Gasteiger partial charge < -0.3 is 53.6 Å². The molecule has 11 atom stereocenters. The van der Waals surface area contributed by atoms with Gasteiger partial charge in [0.25, 0.3) is 0 Å². The van der Waals surface area contributed by atoms with Crippen molar-refractivity contribution in [3.63, 3.8) is 0 Å². The van der Waals surface area contributed by atoms with Crippen molar-refractivity contribution in [3.05, 3.63) is 107 Å². The molecular formula is C33H35ClO12. The maximum Gasteiger partial charge on any atom is 0.338 e. The first kappa shape index (κ1) is 32.9. The van der Waals surface area contributed by atoms with Gasteiger partial charge in [-0.05, 0) is 29.8 Å². The van der Waals surface area contributed by atoms with Crippen LogP contribution in [0, 0.1) is 0 Å². The van der Waals surface area contributed by atoms with Crippen LogP contribution in [0.15, 0.2) is 84.9 Å². The lowest BCUT2D eigenvalue weighted by Gasteiger charge is -2.48. The quantitative estimate of drug-likeness (QED) is 0.248. The van der Waals surface area contributed by atoms with Gasteiger partial charge in [0, 0.05) is 10.6 Å². The third-order valence-electron chi connectivity index (χ3n) is 8.05. The standard InChI is InChI=1S/C33H35ClO12/c34-21-13-11-18(12-14-21)15-41-32-26(37)24(35)29(22(43-32)16-40-30(39)19-7-3-1-4-8-19)46-33-27(38)25(36)28-23(44-33)17-42-31(45-28)20-9-5-2-6-10-20/h1-14,22-29,31-33,35-38H,15-17H2/t22-,23-,24-,25-,26-,27-,28-,29-,31?,32-,33-/m1/s1. The van der Waals surface area contributed by atoms with E-state index in [4.69, 9.17) is 44.8 Å². The fourth-order valence-electron chi connectivity index (χ4n) is 5.54. The van der Waals surface area contributed by atoms with E-state index in [2.05, 4.69) is 0 Å². The van der Waals surface area contributed by atoms with E-state index in [1.54, 1.807) is 54.6 Å². The van der Waals surface area contributed by atoms with E-state index >= 15 is 0 Å². The molecule has 0 aliphatic carbocycles. The average molecular weight is 659 g/mol. The number of hydrogen-bond donors (Lipinski definition) is 4. The molecule has 3 aromatic rings. The summed E-state index contributed by atoms with van der Waals surface area (Å²) >= 11 is 5.96. The van der Waals surface area contributed by atoms with E-state index in [0.717, 1.165) is 11.1 Å². The van der Waals surface area contributed by atoms with Gasteiger partial charge in [-0.25, -0.2) is 4.79 Å². The highest BCUT2D eigenvalue weighted by Gasteiger charge is 2.53. The first-order valence-electron chi connectivity index (χ1n) is 14.9. The maximum atomic E-state index is 12.7. The van der Waals surface area contributed by atoms with Crippen molar-refractivity contribution in [2.24, 2.45) is 0 Å². The minimum Gasteiger partial charge on any atom is -0.459 e. The highest BCUT2D eigenvalue weighted by atomic mass is 35.5. The van der Waals surface area contributed by atoms with Gasteiger partial charge in [0.05, 0.1) is 18.8 Å². The molecule has 3 aliphatic rings. The number of carbonyl (C=O) groups is 1. The number of rotatable bonds is 9. The number of esters is 1. The summed E-state index contributed by atoms with van der Waals surface area (Å²) in [7, 11) is 0. The SMILES string of the molecule is O=C(OC[C@H]1O[C@@H](OCc2ccc(Cl)cc2)[C@H](O)[C@@H](O)[C@@H]1O[C@H]1O[C@@H]2COC(c3ccccc3)O[C@H]2[C@H](O)[C@H]1O)c1ccccc1. The molecule has 3 heterocycles. The molecule has 3 fully saturated rings. The molecule has 3 aliphatic heterocycles. The van der Waals surface area contributed by atoms with Crippen LogP contribution in [-0.4, -0.2) is 101 Å². The second kappa shape index (κ2) is 14.8. The maximum absolute atomic E-state index is 12.7. The topological polar surface area (TPSA) is 163 Å². The summed E-state index contributed by atoms with van der Waals surface area (Å²) in [5.41, 5.74) is 1.75. The second-order valence-corrected chi connectivity index (χ2v) is 11.7. The summed E-state index contributed by atoms with van der Waals surface area (Å²) < 4.78 is 40.9. The molecule has 3 aromatic carbocycles. The van der Waals surface area contributed by atoms with Crippen molar-refractivity contribution in [3.8, 4) is 0 Å². The molecule has 0 saturated carbocycles. The summed E-state index contributed by atoms with van der Waals surface area (Å²) in [4.78, 5) is 12.7. The zero-order valence-electron chi connectivity index (χ0n) is 24.5. The van der Waals surface area contributed by atoms with Gasteiger partial charge in [-0.3, -0.25) is 0 Å². The molecule has 13 heteroatoms. The molecule has 4 N–H and O–H groups in total. The largest absolute Gasteiger partial charge is 0.459 e. The summed E-state index contributed by atoms with van der Waals surface area (Å²) in [6.07, 6.45) is -14.3. The molecule has 6 rings (SSSR count). The Morgan fingerprint density at radius 1 is 0.783 bits per heavy atom. The van der Waals surface area contributed by atoms with Crippen molar-refractivity contribution in [1.82, 2.24) is 0 Å². The Labute approximate surface area is 269 Å². The van der Waals surface area contributed by atoms with Crippen LogP contribution in [0.3, 0.4) is 0 Å². The van der Waals surface area contributed by atoms with Crippen molar-refractivity contribution in [2.75, 3.05) is 13.2 Å². The normalized spacial score (nSPS) is 34.4. The minimum absolute atomic E-state index is 0.0113. The number of halogens is 1. The number of benzene rings is 3. The Bertz CT molecular complexity index is 1410. The Hall–Kier alpha value is -2.98. The first-order valence-corrected chi connectivity index (χ1v) is 15.2. The predicted octanol–water partition coefficient (Wildman–Crippen LogP) is 2.11. The second-order valence-electron chi connectivity index (χ2n) is 11.2. The number of carbonyl (C=O) groups excluding carboxylic acids is 1. The highest BCUT2D eigenvalue weighted by Crippen LogP contribution is 2.36. The van der Waals surface area contributed by atoms with E-state index in [-0.39, 0.29) is 13.2 Å². The van der Waals surface area contributed by atoms with Gasteiger partial charge in [-0.15, -0.1) is 0 Å². The van der Waals surface area contributed by atoms with Crippen LogP contribution in [0.25, 0.3) is 0 Å². The minimum atomic E-state index is -1.64. The molecule has 0 aromatic heterocycles. The lowest BCUT2D eigenvalue weighted by atomic mass is 9.96. The lowest BCUT2D eigenvalue weighted by Crippen LogP contribution is -2.66. The van der Waals surface area contributed by atoms with Crippen LogP contribution in [0.1, 0.15) is 27.8 Å². The van der Waals surface area contributed by atoms with E-state index in [1.807, 2.05) is 30.3 Å². The molecular weight excluding hydrogens is 624 g/mol. The van der Waals surface area contributed by atoms with Crippen LogP contribution >= 0.6 is 11.6 Å². The third kappa shape index (κ3) is 7.43. The highest BCUT2D eigenvalue weighted by molar-refractivity contribution is 6.30. The summed E-state index contributed by atoms with van der Waals surface area (Å²) in [6.45, 7) is -0.387. The van der Waals surface area contributed by atoms with Gasteiger partial charge >= 0.3 is 5.97 Å². The molecule has 246 valence electrons. The van der Waals surface area contributed by atoms with Gasteiger partial charge in [0.15, 0.2) is 18.9 Å². The molecule has 0 radical (unpaired) electrons. The van der Waals surface area contributed by atoms with E-state index in [0.29, 0.717) is 10.6 Å². The van der Waals surface area contributed by atoms with Gasteiger partial charge in [-0.1, -0.05) is 72.3 Å². The average Bonchev–Trinajstić information content (AvgIpc) is 3.09. The fraction of sp³-hybridized carbons (Fsp3) is 0.424. The molecule has 1 unspecified atom stereocenters. The number of hydrogen-bond acceptors (Lipinski definition) is 12. The number of aliphatic hydroxyl groups is 4. The summed E-state index contributed by atoms with van der Waals surface area (Å²) in [6, 6.07) is 24.2. The molecule has 12 nitrogen and oxygen atoms in total. The van der Waals surface area contributed by atoms with Crippen LogP contribution < -0.4 is 0 Å². The monoisotopic (exact) mass is 658 g/mol. The van der Waals surface area contributed by atoms with E-state index < -0.39 is 80.3 Å². The Morgan fingerprint density at radius 2 is 1.46 bits per heavy atom. The van der Waals surface area contributed by atoms with Crippen LogP contribution in [0.5, 0.6) is 0 Å². The number of ether oxygens (including phenoxy) is 7. The summed E-state index contributed by atoms with van der Waals surface area (Å²) in [5.74, 6) is -0.654. The van der Waals surface area contributed by atoms with Crippen molar-refractivity contribution in [1.29, 1.82) is 0 Å². The molecule has 0 amide bonds. The third-order valence-corrected chi connectivity index (χ3v) is 8.30. The molecule has 46 heavy (non-hydrogen) atoms. The number of fused-ring (bicyclic) bond motifs is 1. The predicted molar refractivity (Wildman–Crippen MR) is 159 cm³/mol. The number of aliphatic hydroxyl groups excluding tert-OH is 4.